The molecule has 1 aromatic heterocycles. The Balaban J connectivity index is 2.74. The van der Waals surface area contributed by atoms with Crippen LogP contribution >= 0.6 is 11.6 Å². The fraction of sp³-hybridized carbons (Fsp3) is 0.500. The highest BCUT2D eigenvalue weighted by atomic mass is 35.5. The van der Waals surface area contributed by atoms with Gasteiger partial charge in [-0.15, -0.1) is 0 Å². The summed E-state index contributed by atoms with van der Waals surface area (Å²) in [6.07, 6.45) is 3.53. The van der Waals surface area contributed by atoms with Crippen molar-refractivity contribution in [2.24, 2.45) is 17.6 Å². The van der Waals surface area contributed by atoms with Crippen LogP contribution in [0.1, 0.15) is 19.4 Å². The lowest BCUT2D eigenvalue weighted by Gasteiger charge is -2.17. The first-order valence-electron chi connectivity index (χ1n) is 5.37. The van der Waals surface area contributed by atoms with Crippen molar-refractivity contribution in [2.75, 3.05) is 6.54 Å². The molecule has 0 aromatic carbocycles. The lowest BCUT2D eigenvalue weighted by molar-refractivity contribution is -0.123. The molecule has 3 nitrogen and oxygen atoms in total. The Bertz CT molecular complexity index is 366. The number of rotatable bonds is 5. The SMILES string of the molecule is CC(C)C(CN)C(=O)Cc1ccncc1Cl. The zero-order valence-electron chi connectivity index (χ0n) is 9.61. The number of carbonyl (C=O) groups excluding carboxylic acids is 1. The number of pyridine rings is 1. The van der Waals surface area contributed by atoms with E-state index < -0.39 is 0 Å². The minimum absolute atomic E-state index is 0.0933. The summed E-state index contributed by atoms with van der Waals surface area (Å²) in [5.41, 5.74) is 6.42. The highest BCUT2D eigenvalue weighted by molar-refractivity contribution is 6.31. The van der Waals surface area contributed by atoms with Crippen LogP contribution in [0.5, 0.6) is 0 Å². The number of aromatic nitrogens is 1. The first kappa shape index (κ1) is 13.1. The van der Waals surface area contributed by atoms with Crippen molar-refractivity contribution in [3.63, 3.8) is 0 Å². The maximum atomic E-state index is 12.0. The molecule has 1 unspecified atom stereocenters. The van der Waals surface area contributed by atoms with E-state index in [0.29, 0.717) is 18.0 Å². The monoisotopic (exact) mass is 240 g/mol. The fourth-order valence-corrected chi connectivity index (χ4v) is 1.83. The fourth-order valence-electron chi connectivity index (χ4n) is 1.64. The topological polar surface area (TPSA) is 56.0 Å². The molecule has 88 valence electrons. The molecule has 0 aliphatic heterocycles. The number of Topliss-reactive ketones (excluding diaryl/α,β-unsaturated/α-hetero) is 1. The number of hydrogen-bond donors (Lipinski definition) is 1. The van der Waals surface area contributed by atoms with E-state index in [1.54, 1.807) is 18.5 Å². The summed E-state index contributed by atoms with van der Waals surface area (Å²) < 4.78 is 0. The molecule has 0 amide bonds. The zero-order valence-corrected chi connectivity index (χ0v) is 10.4. The summed E-state index contributed by atoms with van der Waals surface area (Å²) in [5.74, 6) is 0.313. The van der Waals surface area contributed by atoms with E-state index in [1.807, 2.05) is 13.8 Å². The van der Waals surface area contributed by atoms with Crippen molar-refractivity contribution >= 4 is 17.4 Å². The van der Waals surface area contributed by atoms with Gasteiger partial charge < -0.3 is 5.73 Å². The first-order chi connectivity index (χ1) is 7.56. The summed E-state index contributed by atoms with van der Waals surface area (Å²) in [6.45, 7) is 4.40. The Kier molecular flexibility index (Phi) is 4.90. The van der Waals surface area contributed by atoms with Crippen LogP contribution in [0.25, 0.3) is 0 Å². The quantitative estimate of drug-likeness (QED) is 0.857. The average molecular weight is 241 g/mol. The van der Waals surface area contributed by atoms with Gasteiger partial charge in [-0.2, -0.15) is 0 Å². The van der Waals surface area contributed by atoms with E-state index in [0.717, 1.165) is 5.56 Å². The van der Waals surface area contributed by atoms with Crippen molar-refractivity contribution in [1.29, 1.82) is 0 Å². The van der Waals surface area contributed by atoms with E-state index >= 15 is 0 Å². The summed E-state index contributed by atoms with van der Waals surface area (Å²) in [5, 5.41) is 0.537. The van der Waals surface area contributed by atoms with Crippen LogP contribution in [0.2, 0.25) is 5.02 Å². The average Bonchev–Trinajstić information content (AvgIpc) is 2.22. The minimum Gasteiger partial charge on any atom is -0.330 e. The van der Waals surface area contributed by atoms with Gasteiger partial charge in [0.25, 0.3) is 0 Å². The van der Waals surface area contributed by atoms with Crippen LogP contribution in [0.15, 0.2) is 18.5 Å². The van der Waals surface area contributed by atoms with Crippen LogP contribution in [0.3, 0.4) is 0 Å². The molecule has 16 heavy (non-hydrogen) atoms. The molecule has 0 radical (unpaired) electrons. The normalized spacial score (nSPS) is 12.8. The zero-order chi connectivity index (χ0) is 12.1. The molecular formula is C12H17ClN2O. The van der Waals surface area contributed by atoms with Gasteiger partial charge in [-0.05, 0) is 17.5 Å². The Morgan fingerprint density at radius 2 is 2.25 bits per heavy atom. The number of halogens is 1. The van der Waals surface area contributed by atoms with Gasteiger partial charge >= 0.3 is 0 Å². The third-order valence-corrected chi connectivity index (χ3v) is 3.03. The molecule has 0 saturated heterocycles. The summed E-state index contributed by atoms with van der Waals surface area (Å²) in [4.78, 5) is 15.9. The van der Waals surface area contributed by atoms with Gasteiger partial charge in [0.1, 0.15) is 5.78 Å². The van der Waals surface area contributed by atoms with Crippen molar-refractivity contribution in [3.05, 3.63) is 29.0 Å². The lowest BCUT2D eigenvalue weighted by Crippen LogP contribution is -2.29. The van der Waals surface area contributed by atoms with Crippen LogP contribution < -0.4 is 5.73 Å². The summed E-state index contributed by atoms with van der Waals surface area (Å²) in [7, 11) is 0. The largest absolute Gasteiger partial charge is 0.330 e. The molecule has 1 aromatic rings. The third-order valence-electron chi connectivity index (χ3n) is 2.69. The number of nitrogens with zero attached hydrogens (tertiary/aromatic N) is 1. The molecule has 1 rings (SSSR count). The van der Waals surface area contributed by atoms with Gasteiger partial charge in [-0.3, -0.25) is 9.78 Å². The van der Waals surface area contributed by atoms with Crippen molar-refractivity contribution in [1.82, 2.24) is 4.98 Å². The van der Waals surface area contributed by atoms with Crippen LogP contribution in [-0.2, 0) is 11.2 Å². The minimum atomic E-state index is -0.0933. The van der Waals surface area contributed by atoms with Gasteiger partial charge in [0.05, 0.1) is 5.02 Å². The van der Waals surface area contributed by atoms with Gasteiger partial charge in [0.2, 0.25) is 0 Å². The van der Waals surface area contributed by atoms with Crippen molar-refractivity contribution in [3.8, 4) is 0 Å². The predicted molar refractivity (Wildman–Crippen MR) is 65.3 cm³/mol. The van der Waals surface area contributed by atoms with Crippen molar-refractivity contribution < 1.29 is 4.79 Å². The lowest BCUT2D eigenvalue weighted by atomic mass is 9.89. The van der Waals surface area contributed by atoms with Gasteiger partial charge in [-0.1, -0.05) is 25.4 Å². The molecule has 0 spiro atoms. The molecule has 1 atom stereocenters. The molecule has 0 saturated carbocycles. The Labute approximate surface area is 101 Å². The maximum Gasteiger partial charge on any atom is 0.141 e. The standard InChI is InChI=1S/C12H17ClN2O/c1-8(2)10(6-14)12(16)5-9-3-4-15-7-11(9)13/h3-4,7-8,10H,5-6,14H2,1-2H3. The van der Waals surface area contributed by atoms with Crippen LogP contribution in [0, 0.1) is 11.8 Å². The number of ketones is 1. The maximum absolute atomic E-state index is 12.0. The summed E-state index contributed by atoms with van der Waals surface area (Å²) >= 11 is 5.95. The predicted octanol–water partition coefficient (Wildman–Crippen LogP) is 2.08. The number of nitrogens with two attached hydrogens (primary N) is 1. The summed E-state index contributed by atoms with van der Waals surface area (Å²) in [6, 6.07) is 1.77. The van der Waals surface area contributed by atoms with E-state index in [9.17, 15) is 4.79 Å². The molecule has 0 bridgehead atoms. The third kappa shape index (κ3) is 3.29. The highest BCUT2D eigenvalue weighted by Crippen LogP contribution is 2.18. The second-order valence-corrected chi connectivity index (χ2v) is 4.60. The van der Waals surface area contributed by atoms with E-state index in [1.165, 1.54) is 0 Å². The molecule has 1 heterocycles. The van der Waals surface area contributed by atoms with Gasteiger partial charge in [-0.25, -0.2) is 0 Å². The van der Waals surface area contributed by atoms with Crippen LogP contribution in [-0.4, -0.2) is 17.3 Å². The Morgan fingerprint density at radius 1 is 1.56 bits per heavy atom. The first-order valence-corrected chi connectivity index (χ1v) is 5.75. The number of hydrogen-bond acceptors (Lipinski definition) is 3. The van der Waals surface area contributed by atoms with E-state index in [4.69, 9.17) is 17.3 Å². The Morgan fingerprint density at radius 3 is 2.75 bits per heavy atom. The van der Waals surface area contributed by atoms with E-state index in [2.05, 4.69) is 4.98 Å². The molecule has 0 fully saturated rings. The van der Waals surface area contributed by atoms with E-state index in [-0.39, 0.29) is 17.6 Å². The second kappa shape index (κ2) is 5.97. The molecule has 2 N–H and O–H groups in total. The Hall–Kier alpha value is -0.930. The molecule has 0 aliphatic rings. The van der Waals surface area contributed by atoms with Crippen molar-refractivity contribution in [2.45, 2.75) is 20.3 Å². The number of carbonyl (C=O) groups is 1. The van der Waals surface area contributed by atoms with Gasteiger partial charge in [0.15, 0.2) is 0 Å². The molecular weight excluding hydrogens is 224 g/mol. The molecule has 0 aliphatic carbocycles. The highest BCUT2D eigenvalue weighted by Gasteiger charge is 2.21. The van der Waals surface area contributed by atoms with Gasteiger partial charge in [0, 0.05) is 31.3 Å². The second-order valence-electron chi connectivity index (χ2n) is 4.20. The molecule has 4 heteroatoms. The van der Waals surface area contributed by atoms with Crippen LogP contribution in [0.4, 0.5) is 0 Å². The smallest absolute Gasteiger partial charge is 0.141 e.